The van der Waals surface area contributed by atoms with Crippen molar-refractivity contribution in [3.05, 3.63) is 179 Å². The third kappa shape index (κ3) is 2.98. The van der Waals surface area contributed by atoms with Crippen LogP contribution in [-0.4, -0.2) is 0 Å². The normalized spacial score (nSPS) is 13.6. The van der Waals surface area contributed by atoms with E-state index < -0.39 is 0 Å². The van der Waals surface area contributed by atoms with Crippen molar-refractivity contribution in [2.75, 3.05) is 0 Å². The van der Waals surface area contributed by atoms with Gasteiger partial charge in [-0.2, -0.15) is 0 Å². The van der Waals surface area contributed by atoms with Crippen LogP contribution in [0.4, 0.5) is 0 Å². The van der Waals surface area contributed by atoms with Crippen molar-refractivity contribution in [1.82, 2.24) is 0 Å². The highest BCUT2D eigenvalue weighted by Gasteiger charge is 2.37. The van der Waals surface area contributed by atoms with E-state index in [1.165, 1.54) is 77.6 Å². The molecule has 38 heavy (non-hydrogen) atoms. The molecule has 0 bridgehead atoms. The maximum absolute atomic E-state index is 2.34. The number of benzene rings is 6. The van der Waals surface area contributed by atoms with E-state index in [1.54, 1.807) is 0 Å². The quantitative estimate of drug-likeness (QED) is 0.236. The molecule has 0 aliphatic heterocycles. The molecule has 0 spiro atoms. The molecule has 0 heteroatoms. The highest BCUT2D eigenvalue weighted by atomic mass is 14.4. The number of hydrogen-bond acceptors (Lipinski definition) is 0. The summed E-state index contributed by atoms with van der Waals surface area (Å²) in [5.41, 5.74) is 15.8. The molecule has 6 aromatic rings. The number of rotatable bonds is 3. The molecular weight excluding hydrogens is 456 g/mol. The molecule has 0 radical (unpaired) electrons. The maximum Gasteiger partial charge on any atom is -0.000741 e. The topological polar surface area (TPSA) is 0 Å². The summed E-state index contributed by atoms with van der Waals surface area (Å²) in [5.74, 6) is 0. The molecule has 0 nitrogen and oxygen atoms in total. The van der Waals surface area contributed by atoms with E-state index in [0.29, 0.717) is 0 Å². The number of allylic oxidation sites excluding steroid dienone is 2. The minimum Gasteiger partial charge on any atom is -0.0622 e. The molecule has 0 atom stereocenters. The van der Waals surface area contributed by atoms with E-state index >= 15 is 0 Å². The molecule has 0 saturated carbocycles. The minimum atomic E-state index is 1.25. The fourth-order valence-corrected chi connectivity index (χ4v) is 6.47. The van der Waals surface area contributed by atoms with Crippen LogP contribution < -0.4 is 0 Å². The van der Waals surface area contributed by atoms with Crippen molar-refractivity contribution in [3.8, 4) is 11.1 Å². The molecule has 0 aromatic heterocycles. The highest BCUT2D eigenvalue weighted by molar-refractivity contribution is 6.36. The SMILES string of the molecule is c1ccc(C2=C3C(=C(c4ccc(-c5ccccc5)c5ccccc45)c4ccccc43)c3ccccc32)cc1. The molecule has 2 aliphatic rings. The molecule has 0 fully saturated rings. The zero-order valence-corrected chi connectivity index (χ0v) is 20.9. The monoisotopic (exact) mass is 480 g/mol. The van der Waals surface area contributed by atoms with Crippen LogP contribution in [0.2, 0.25) is 0 Å². The zero-order valence-electron chi connectivity index (χ0n) is 20.9. The Hall–Kier alpha value is -4.94. The highest BCUT2D eigenvalue weighted by Crippen LogP contribution is 2.58. The van der Waals surface area contributed by atoms with Gasteiger partial charge in [-0.15, -0.1) is 0 Å². The predicted octanol–water partition coefficient (Wildman–Crippen LogP) is 9.75. The molecule has 8 rings (SSSR count). The smallest absolute Gasteiger partial charge is 0.000741 e. The van der Waals surface area contributed by atoms with Gasteiger partial charge >= 0.3 is 0 Å². The van der Waals surface area contributed by atoms with Crippen LogP contribution in [0, 0.1) is 0 Å². The second-order valence-electron chi connectivity index (χ2n) is 10.0. The van der Waals surface area contributed by atoms with Crippen LogP contribution in [0.5, 0.6) is 0 Å². The van der Waals surface area contributed by atoms with E-state index in [0.717, 1.165) is 0 Å². The lowest BCUT2D eigenvalue weighted by Crippen LogP contribution is -1.94. The van der Waals surface area contributed by atoms with E-state index in [4.69, 9.17) is 0 Å². The lowest BCUT2D eigenvalue weighted by Gasteiger charge is -2.15. The standard InChI is InChI=1S/C38H24/c1-3-13-25(14-4-1)27-23-24-34(29-18-8-7-17-28(27)29)36-31-20-10-12-22-33(31)37-35(26-15-5-2-6-16-26)30-19-9-11-21-32(30)38(36)37/h1-24H. The fourth-order valence-electron chi connectivity index (χ4n) is 6.47. The van der Waals surface area contributed by atoms with E-state index in [2.05, 4.69) is 146 Å². The summed E-state index contributed by atoms with van der Waals surface area (Å²) in [6, 6.07) is 53.0. The van der Waals surface area contributed by atoms with Gasteiger partial charge in [-0.1, -0.05) is 146 Å². The molecule has 0 amide bonds. The molecule has 176 valence electrons. The van der Waals surface area contributed by atoms with Crippen LogP contribution in [-0.2, 0) is 0 Å². The Morgan fingerprint density at radius 3 is 1.21 bits per heavy atom. The molecule has 2 aliphatic carbocycles. The first-order chi connectivity index (χ1) is 18.9. The Morgan fingerprint density at radius 2 is 0.605 bits per heavy atom. The summed E-state index contributed by atoms with van der Waals surface area (Å²) in [7, 11) is 0. The third-order valence-corrected chi connectivity index (χ3v) is 8.02. The van der Waals surface area contributed by atoms with Crippen LogP contribution in [0.15, 0.2) is 146 Å². The average Bonchev–Trinajstić information content (AvgIpc) is 3.50. The van der Waals surface area contributed by atoms with Gasteiger partial charge in [-0.05, 0) is 77.6 Å². The summed E-state index contributed by atoms with van der Waals surface area (Å²) in [6.07, 6.45) is 0. The number of hydrogen-bond donors (Lipinski definition) is 0. The van der Waals surface area contributed by atoms with E-state index in [9.17, 15) is 0 Å². The third-order valence-electron chi connectivity index (χ3n) is 8.02. The first-order valence-electron chi connectivity index (χ1n) is 13.2. The van der Waals surface area contributed by atoms with Crippen LogP contribution in [0.3, 0.4) is 0 Å². The van der Waals surface area contributed by atoms with Crippen LogP contribution in [0.25, 0.3) is 44.2 Å². The molecule has 0 heterocycles. The molecule has 0 N–H and O–H groups in total. The summed E-state index contributed by atoms with van der Waals surface area (Å²) >= 11 is 0. The molecular formula is C38H24. The minimum absolute atomic E-state index is 1.25. The van der Waals surface area contributed by atoms with Gasteiger partial charge in [0.05, 0.1) is 0 Å². The predicted molar refractivity (Wildman–Crippen MR) is 161 cm³/mol. The lowest BCUT2D eigenvalue weighted by molar-refractivity contribution is 1.53. The summed E-state index contributed by atoms with van der Waals surface area (Å²) in [4.78, 5) is 0. The van der Waals surface area contributed by atoms with Gasteiger partial charge in [-0.3, -0.25) is 0 Å². The van der Waals surface area contributed by atoms with Crippen molar-refractivity contribution in [2.45, 2.75) is 0 Å². The Balaban J connectivity index is 1.49. The summed E-state index contributed by atoms with van der Waals surface area (Å²) < 4.78 is 0. The molecule has 0 saturated heterocycles. The molecule has 6 aromatic carbocycles. The van der Waals surface area contributed by atoms with Gasteiger partial charge < -0.3 is 0 Å². The Labute approximate surface area is 222 Å². The van der Waals surface area contributed by atoms with Gasteiger partial charge in [0.1, 0.15) is 0 Å². The zero-order chi connectivity index (χ0) is 25.1. The van der Waals surface area contributed by atoms with Crippen molar-refractivity contribution in [1.29, 1.82) is 0 Å². The second-order valence-corrected chi connectivity index (χ2v) is 10.0. The van der Waals surface area contributed by atoms with Crippen molar-refractivity contribution in [2.24, 2.45) is 0 Å². The van der Waals surface area contributed by atoms with Gasteiger partial charge in [0, 0.05) is 0 Å². The first-order valence-corrected chi connectivity index (χ1v) is 13.2. The van der Waals surface area contributed by atoms with E-state index in [1.807, 2.05) is 0 Å². The summed E-state index contributed by atoms with van der Waals surface area (Å²) in [6.45, 7) is 0. The first kappa shape index (κ1) is 21.2. The maximum atomic E-state index is 2.34. The van der Waals surface area contributed by atoms with Crippen molar-refractivity contribution in [3.63, 3.8) is 0 Å². The van der Waals surface area contributed by atoms with Crippen molar-refractivity contribution < 1.29 is 0 Å². The largest absolute Gasteiger partial charge is 0.0622 e. The van der Waals surface area contributed by atoms with Gasteiger partial charge in [0.2, 0.25) is 0 Å². The average molecular weight is 481 g/mol. The van der Waals surface area contributed by atoms with Gasteiger partial charge in [0.15, 0.2) is 0 Å². The van der Waals surface area contributed by atoms with E-state index in [-0.39, 0.29) is 0 Å². The van der Waals surface area contributed by atoms with Gasteiger partial charge in [-0.25, -0.2) is 0 Å². The van der Waals surface area contributed by atoms with Crippen molar-refractivity contribution >= 4 is 33.1 Å². The second kappa shape index (κ2) is 8.30. The Morgan fingerprint density at radius 1 is 0.211 bits per heavy atom. The van der Waals surface area contributed by atoms with Gasteiger partial charge in [0.25, 0.3) is 0 Å². The summed E-state index contributed by atoms with van der Waals surface area (Å²) in [5, 5.41) is 2.58. The van der Waals surface area contributed by atoms with Crippen LogP contribution >= 0.6 is 0 Å². The molecule has 0 unspecified atom stereocenters. The lowest BCUT2D eigenvalue weighted by atomic mass is 9.87. The Bertz CT molecular complexity index is 1940. The fraction of sp³-hybridized carbons (Fsp3) is 0. The van der Waals surface area contributed by atoms with Crippen LogP contribution in [0.1, 0.15) is 33.4 Å². The number of fused-ring (bicyclic) bond motifs is 6. The Kier molecular flexibility index (Phi) is 4.62.